The predicted molar refractivity (Wildman–Crippen MR) is 97.8 cm³/mol. The van der Waals surface area contributed by atoms with Gasteiger partial charge in [-0.25, -0.2) is 4.79 Å². The van der Waals surface area contributed by atoms with Crippen molar-refractivity contribution in [3.63, 3.8) is 0 Å². The van der Waals surface area contributed by atoms with Crippen molar-refractivity contribution in [3.05, 3.63) is 35.4 Å². The van der Waals surface area contributed by atoms with Crippen molar-refractivity contribution in [2.24, 2.45) is 5.92 Å². The van der Waals surface area contributed by atoms with Crippen molar-refractivity contribution in [2.45, 2.75) is 51.6 Å². The number of carboxylic acids is 1. The van der Waals surface area contributed by atoms with Gasteiger partial charge < -0.3 is 21.1 Å². The summed E-state index contributed by atoms with van der Waals surface area (Å²) in [5.41, 5.74) is 1.42. The number of nitrogens with one attached hydrogen (secondary N) is 3. The largest absolute Gasteiger partial charge is 0.481 e. The Morgan fingerprint density at radius 2 is 1.85 bits per heavy atom. The summed E-state index contributed by atoms with van der Waals surface area (Å²) < 4.78 is 0. The van der Waals surface area contributed by atoms with Gasteiger partial charge in [0.05, 0.1) is 5.92 Å². The number of rotatable bonds is 7. The van der Waals surface area contributed by atoms with Gasteiger partial charge in [-0.05, 0) is 49.8 Å². The molecule has 26 heavy (non-hydrogen) atoms. The van der Waals surface area contributed by atoms with E-state index >= 15 is 0 Å². The average Bonchev–Trinajstić information content (AvgIpc) is 2.65. The molecule has 0 heterocycles. The Morgan fingerprint density at radius 3 is 2.50 bits per heavy atom. The van der Waals surface area contributed by atoms with Crippen LogP contribution < -0.4 is 16.0 Å². The molecular weight excluding hydrogens is 334 g/mol. The van der Waals surface area contributed by atoms with E-state index in [2.05, 4.69) is 16.0 Å². The van der Waals surface area contributed by atoms with Crippen LogP contribution in [0.2, 0.25) is 0 Å². The zero-order valence-electron chi connectivity index (χ0n) is 15.1. The van der Waals surface area contributed by atoms with Crippen LogP contribution >= 0.6 is 0 Å². The Hall–Kier alpha value is -2.57. The van der Waals surface area contributed by atoms with Gasteiger partial charge in [-0.2, -0.15) is 0 Å². The minimum absolute atomic E-state index is 0.0109. The Morgan fingerprint density at radius 1 is 1.12 bits per heavy atom. The molecule has 3 amide bonds. The third kappa shape index (κ3) is 6.06. The lowest BCUT2D eigenvalue weighted by molar-refractivity contribution is -0.142. The second-order valence-corrected chi connectivity index (χ2v) is 6.67. The number of carboxylic acid groups (broad SMARTS) is 1. The van der Waals surface area contributed by atoms with Crippen LogP contribution in [-0.4, -0.2) is 35.6 Å². The monoisotopic (exact) mass is 361 g/mol. The Balaban J connectivity index is 1.77. The van der Waals surface area contributed by atoms with Gasteiger partial charge in [-0.3, -0.25) is 9.59 Å². The molecule has 1 fully saturated rings. The number of aliphatic carboxylic acids is 1. The molecule has 2 rings (SSSR count). The van der Waals surface area contributed by atoms with E-state index in [0.29, 0.717) is 44.3 Å². The summed E-state index contributed by atoms with van der Waals surface area (Å²) in [4.78, 5) is 35.0. The Bertz CT molecular complexity index is 639. The first-order chi connectivity index (χ1) is 12.5. The van der Waals surface area contributed by atoms with Gasteiger partial charge in [0.15, 0.2) is 0 Å². The molecule has 7 heteroatoms. The zero-order chi connectivity index (χ0) is 18.9. The fourth-order valence-electron chi connectivity index (χ4n) is 3.07. The third-order valence-corrected chi connectivity index (χ3v) is 4.59. The van der Waals surface area contributed by atoms with Crippen LogP contribution in [-0.2, 0) is 11.3 Å². The maximum absolute atomic E-state index is 12.0. The van der Waals surface area contributed by atoms with Crippen molar-refractivity contribution in [1.82, 2.24) is 16.0 Å². The van der Waals surface area contributed by atoms with Crippen LogP contribution in [0.5, 0.6) is 0 Å². The summed E-state index contributed by atoms with van der Waals surface area (Å²) >= 11 is 0. The van der Waals surface area contributed by atoms with Crippen LogP contribution in [0.15, 0.2) is 24.3 Å². The van der Waals surface area contributed by atoms with E-state index in [1.54, 1.807) is 18.2 Å². The standard InChI is InChI=1S/C19H27N3O4/c1-2-10-20-17(23)15-5-3-4-13(11-15)12-21-19(26)22-16-8-6-14(7-9-16)18(24)25/h3-5,11,14,16H,2,6-10,12H2,1H3,(H,20,23)(H,24,25)(H2,21,22,26). The molecule has 0 saturated heterocycles. The predicted octanol–water partition coefficient (Wildman–Crippen LogP) is 2.27. The molecule has 1 aliphatic carbocycles. The first-order valence-electron chi connectivity index (χ1n) is 9.14. The minimum Gasteiger partial charge on any atom is -0.481 e. The highest BCUT2D eigenvalue weighted by atomic mass is 16.4. The van der Waals surface area contributed by atoms with E-state index in [0.717, 1.165) is 12.0 Å². The Kier molecular flexibility index (Phi) is 7.44. The van der Waals surface area contributed by atoms with Gasteiger partial charge in [0.2, 0.25) is 0 Å². The molecule has 7 nitrogen and oxygen atoms in total. The van der Waals surface area contributed by atoms with E-state index in [4.69, 9.17) is 5.11 Å². The molecule has 0 unspecified atom stereocenters. The molecule has 1 saturated carbocycles. The van der Waals surface area contributed by atoms with Crippen molar-refractivity contribution in [2.75, 3.05) is 6.54 Å². The van der Waals surface area contributed by atoms with Gasteiger partial charge >= 0.3 is 12.0 Å². The summed E-state index contributed by atoms with van der Waals surface area (Å²) in [7, 11) is 0. The van der Waals surface area contributed by atoms with Gasteiger partial charge in [0, 0.05) is 24.7 Å². The molecule has 0 bridgehead atoms. The van der Waals surface area contributed by atoms with Gasteiger partial charge in [-0.1, -0.05) is 19.1 Å². The number of hydrogen-bond donors (Lipinski definition) is 4. The third-order valence-electron chi connectivity index (χ3n) is 4.59. The van der Waals surface area contributed by atoms with E-state index in [-0.39, 0.29) is 23.9 Å². The second kappa shape index (κ2) is 9.79. The van der Waals surface area contributed by atoms with Crippen molar-refractivity contribution in [1.29, 1.82) is 0 Å². The van der Waals surface area contributed by atoms with Crippen molar-refractivity contribution >= 4 is 17.9 Å². The lowest BCUT2D eigenvalue weighted by Gasteiger charge is -2.26. The van der Waals surface area contributed by atoms with Crippen molar-refractivity contribution < 1.29 is 19.5 Å². The van der Waals surface area contributed by atoms with Gasteiger partial charge in [0.1, 0.15) is 0 Å². The maximum Gasteiger partial charge on any atom is 0.315 e. The van der Waals surface area contributed by atoms with Crippen LogP contribution in [0.1, 0.15) is 54.9 Å². The Labute approximate surface area is 153 Å². The molecular formula is C19H27N3O4. The number of urea groups is 1. The summed E-state index contributed by atoms with van der Waals surface area (Å²) in [5, 5.41) is 17.5. The lowest BCUT2D eigenvalue weighted by Crippen LogP contribution is -2.43. The van der Waals surface area contributed by atoms with E-state index < -0.39 is 5.97 Å². The van der Waals surface area contributed by atoms with E-state index in [1.165, 1.54) is 0 Å². The van der Waals surface area contributed by atoms with Gasteiger partial charge in [-0.15, -0.1) is 0 Å². The molecule has 1 aromatic carbocycles. The molecule has 4 N–H and O–H groups in total. The molecule has 142 valence electrons. The smallest absolute Gasteiger partial charge is 0.315 e. The molecule has 1 aliphatic rings. The highest BCUT2D eigenvalue weighted by Gasteiger charge is 2.26. The van der Waals surface area contributed by atoms with Gasteiger partial charge in [0.25, 0.3) is 5.91 Å². The molecule has 0 aliphatic heterocycles. The summed E-state index contributed by atoms with van der Waals surface area (Å²) in [6.45, 7) is 2.95. The molecule has 1 aromatic rings. The fourth-order valence-corrected chi connectivity index (χ4v) is 3.07. The summed E-state index contributed by atoms with van der Waals surface area (Å²) in [6.07, 6.45) is 3.42. The molecule has 0 aromatic heterocycles. The highest BCUT2D eigenvalue weighted by molar-refractivity contribution is 5.94. The van der Waals surface area contributed by atoms with E-state index in [1.807, 2.05) is 13.0 Å². The highest BCUT2D eigenvalue weighted by Crippen LogP contribution is 2.24. The summed E-state index contributed by atoms with van der Waals surface area (Å²) in [5.74, 6) is -1.16. The summed E-state index contributed by atoms with van der Waals surface area (Å²) in [6, 6.07) is 6.90. The molecule has 0 atom stereocenters. The number of hydrogen-bond acceptors (Lipinski definition) is 3. The number of benzene rings is 1. The minimum atomic E-state index is -0.754. The zero-order valence-corrected chi connectivity index (χ0v) is 15.1. The normalized spacial score (nSPS) is 19.4. The lowest BCUT2D eigenvalue weighted by atomic mass is 9.86. The molecule has 0 radical (unpaired) electrons. The maximum atomic E-state index is 12.0. The van der Waals surface area contributed by atoms with Crippen LogP contribution in [0.3, 0.4) is 0 Å². The van der Waals surface area contributed by atoms with Crippen molar-refractivity contribution in [3.8, 4) is 0 Å². The fraction of sp³-hybridized carbons (Fsp3) is 0.526. The number of amides is 3. The number of carbonyl (C=O) groups is 3. The molecule has 0 spiro atoms. The number of carbonyl (C=O) groups excluding carboxylic acids is 2. The average molecular weight is 361 g/mol. The van der Waals surface area contributed by atoms with Crippen LogP contribution in [0.25, 0.3) is 0 Å². The quantitative estimate of drug-likeness (QED) is 0.597. The van der Waals surface area contributed by atoms with Crippen LogP contribution in [0, 0.1) is 5.92 Å². The SMILES string of the molecule is CCCNC(=O)c1cccc(CNC(=O)NC2CCC(C(=O)O)CC2)c1. The second-order valence-electron chi connectivity index (χ2n) is 6.67. The topological polar surface area (TPSA) is 108 Å². The van der Waals surface area contributed by atoms with E-state index in [9.17, 15) is 14.4 Å². The first kappa shape index (κ1) is 19.8. The first-order valence-corrected chi connectivity index (χ1v) is 9.14. The van der Waals surface area contributed by atoms with Crippen LogP contribution in [0.4, 0.5) is 4.79 Å².